The van der Waals surface area contributed by atoms with Crippen LogP contribution in [-0.2, 0) is 16.0 Å². The van der Waals surface area contributed by atoms with Crippen molar-refractivity contribution in [2.75, 3.05) is 7.11 Å². The molecule has 0 aliphatic carbocycles. The Balaban J connectivity index is 1.98. The Morgan fingerprint density at radius 3 is 2.61 bits per heavy atom. The molecule has 6 heteroatoms. The maximum Gasteiger partial charge on any atom is 0.338 e. The third-order valence-corrected chi connectivity index (χ3v) is 5.08. The smallest absolute Gasteiger partial charge is 0.338 e. The predicted octanol–water partition coefficient (Wildman–Crippen LogP) is 3.44. The number of rotatable bonds is 5. The van der Waals surface area contributed by atoms with E-state index >= 15 is 0 Å². The lowest BCUT2D eigenvalue weighted by Gasteiger charge is -2.28. The number of carbonyl (C=O) groups is 1. The van der Waals surface area contributed by atoms with Crippen LogP contribution in [0.25, 0.3) is 22.0 Å². The van der Waals surface area contributed by atoms with Gasteiger partial charge in [0.05, 0.1) is 7.11 Å². The zero-order chi connectivity index (χ0) is 20.5. The van der Waals surface area contributed by atoms with Crippen LogP contribution >= 0.6 is 0 Å². The zero-order valence-corrected chi connectivity index (χ0v) is 16.0. The first-order valence-electron chi connectivity index (χ1n) is 8.98. The van der Waals surface area contributed by atoms with E-state index in [-0.39, 0.29) is 17.8 Å². The third-order valence-electron chi connectivity index (χ3n) is 5.08. The number of methoxy groups -OCH3 is 1. The van der Waals surface area contributed by atoms with Crippen LogP contribution in [0.4, 0.5) is 4.39 Å². The fraction of sp³-hybridized carbons (Fsp3) is 0.273. The van der Waals surface area contributed by atoms with Crippen molar-refractivity contribution < 1.29 is 19.0 Å². The van der Waals surface area contributed by atoms with Crippen molar-refractivity contribution in [3.63, 3.8) is 0 Å². The number of halogens is 1. The van der Waals surface area contributed by atoms with E-state index in [1.54, 1.807) is 50.2 Å². The Hall–Kier alpha value is -2.99. The summed E-state index contributed by atoms with van der Waals surface area (Å²) in [6.45, 7) is 3.37. The molecule has 1 atom stereocenters. The minimum atomic E-state index is -1.80. The molecule has 0 saturated heterocycles. The number of aromatic amines is 1. The van der Waals surface area contributed by atoms with E-state index in [9.17, 15) is 19.1 Å². The summed E-state index contributed by atoms with van der Waals surface area (Å²) in [6.07, 6.45) is -0.167. The molecule has 5 nitrogen and oxygen atoms in total. The van der Waals surface area contributed by atoms with Gasteiger partial charge in [0, 0.05) is 23.1 Å². The molecular weight excluding hydrogens is 361 g/mol. The summed E-state index contributed by atoms with van der Waals surface area (Å²) in [5, 5.41) is 11.9. The van der Waals surface area contributed by atoms with E-state index in [0.717, 1.165) is 5.39 Å². The van der Waals surface area contributed by atoms with Gasteiger partial charge in [-0.1, -0.05) is 44.2 Å². The lowest BCUT2D eigenvalue weighted by atomic mass is 9.84. The van der Waals surface area contributed by atoms with Gasteiger partial charge in [-0.2, -0.15) is 0 Å². The second-order valence-electron chi connectivity index (χ2n) is 7.15. The van der Waals surface area contributed by atoms with Crippen LogP contribution in [0, 0.1) is 11.7 Å². The molecule has 0 saturated carbocycles. The van der Waals surface area contributed by atoms with E-state index in [2.05, 4.69) is 4.98 Å². The Kier molecular flexibility index (Phi) is 5.34. The van der Waals surface area contributed by atoms with E-state index in [1.807, 2.05) is 6.07 Å². The van der Waals surface area contributed by atoms with Crippen LogP contribution in [0.15, 0.2) is 53.3 Å². The summed E-state index contributed by atoms with van der Waals surface area (Å²) in [5.74, 6) is -1.56. The summed E-state index contributed by atoms with van der Waals surface area (Å²) in [4.78, 5) is 27.3. The van der Waals surface area contributed by atoms with Gasteiger partial charge in [-0.3, -0.25) is 4.79 Å². The molecule has 0 bridgehead atoms. The summed E-state index contributed by atoms with van der Waals surface area (Å²) in [6, 6.07) is 13.3. The lowest BCUT2D eigenvalue weighted by molar-refractivity contribution is -0.167. The Morgan fingerprint density at radius 1 is 1.21 bits per heavy atom. The molecule has 1 unspecified atom stereocenters. The number of pyridine rings is 1. The predicted molar refractivity (Wildman–Crippen MR) is 105 cm³/mol. The molecule has 1 aromatic heterocycles. The van der Waals surface area contributed by atoms with Crippen LogP contribution in [0.3, 0.4) is 0 Å². The van der Waals surface area contributed by atoms with Crippen LogP contribution in [0.1, 0.15) is 19.4 Å². The van der Waals surface area contributed by atoms with Gasteiger partial charge in [0.2, 0.25) is 0 Å². The average molecular weight is 383 g/mol. The van der Waals surface area contributed by atoms with Gasteiger partial charge in [-0.15, -0.1) is 0 Å². The number of benzene rings is 2. The van der Waals surface area contributed by atoms with Gasteiger partial charge in [-0.25, -0.2) is 9.18 Å². The van der Waals surface area contributed by atoms with Gasteiger partial charge in [0.1, 0.15) is 5.82 Å². The third kappa shape index (κ3) is 3.55. The maximum absolute atomic E-state index is 14.1. The highest BCUT2D eigenvalue weighted by Crippen LogP contribution is 2.26. The molecular formula is C22H22FNO4. The fourth-order valence-electron chi connectivity index (χ4n) is 3.19. The van der Waals surface area contributed by atoms with Crippen molar-refractivity contribution in [1.82, 2.24) is 4.98 Å². The molecule has 3 aromatic rings. The summed E-state index contributed by atoms with van der Waals surface area (Å²) >= 11 is 0. The molecule has 0 radical (unpaired) electrons. The monoisotopic (exact) mass is 383 g/mol. The molecule has 3 rings (SSSR count). The number of H-pyrrole nitrogens is 1. The number of fused-ring (bicyclic) bond motifs is 1. The van der Waals surface area contributed by atoms with Crippen molar-refractivity contribution >= 4 is 16.7 Å². The topological polar surface area (TPSA) is 79.4 Å². The quantitative estimate of drug-likeness (QED) is 0.662. The SMILES string of the molecule is COC(=O)C(O)(Cc1ccc(-c2ccc3cccc(F)c3c2)[nH]c1=O)C(C)C. The number of ether oxygens (including phenoxy) is 1. The molecule has 0 spiro atoms. The highest BCUT2D eigenvalue weighted by Gasteiger charge is 2.41. The Labute approximate surface area is 161 Å². The average Bonchev–Trinajstić information content (AvgIpc) is 2.68. The van der Waals surface area contributed by atoms with Crippen LogP contribution in [0.2, 0.25) is 0 Å². The van der Waals surface area contributed by atoms with E-state index in [1.165, 1.54) is 13.2 Å². The van der Waals surface area contributed by atoms with Gasteiger partial charge in [-0.05, 0) is 35.1 Å². The highest BCUT2D eigenvalue weighted by molar-refractivity contribution is 5.87. The second-order valence-corrected chi connectivity index (χ2v) is 7.15. The van der Waals surface area contributed by atoms with Crippen LogP contribution in [-0.4, -0.2) is 28.8 Å². The first-order valence-corrected chi connectivity index (χ1v) is 8.98. The van der Waals surface area contributed by atoms with Crippen molar-refractivity contribution in [3.05, 3.63) is 70.3 Å². The van der Waals surface area contributed by atoms with Crippen molar-refractivity contribution in [3.8, 4) is 11.3 Å². The summed E-state index contributed by atoms with van der Waals surface area (Å²) < 4.78 is 18.7. The first-order chi connectivity index (χ1) is 13.3. The standard InChI is InChI=1S/C22H22FNO4/c1-13(2)22(27,21(26)28-3)12-16-9-10-19(24-20(16)25)15-8-7-14-5-4-6-18(23)17(14)11-15/h4-11,13,27H,12H2,1-3H3,(H,24,25). The van der Waals surface area contributed by atoms with Crippen molar-refractivity contribution in [2.24, 2.45) is 5.92 Å². The van der Waals surface area contributed by atoms with Crippen LogP contribution < -0.4 is 5.56 Å². The number of hydrogen-bond donors (Lipinski definition) is 2. The Morgan fingerprint density at radius 2 is 1.96 bits per heavy atom. The summed E-state index contributed by atoms with van der Waals surface area (Å²) in [7, 11) is 1.20. The van der Waals surface area contributed by atoms with E-state index < -0.39 is 23.0 Å². The number of nitrogens with one attached hydrogen (secondary N) is 1. The molecule has 2 N–H and O–H groups in total. The first kappa shape index (κ1) is 19.8. The number of carbonyl (C=O) groups excluding carboxylic acids is 1. The highest BCUT2D eigenvalue weighted by atomic mass is 19.1. The molecule has 0 fully saturated rings. The molecule has 0 amide bonds. The van der Waals surface area contributed by atoms with Gasteiger partial charge in [0.15, 0.2) is 5.60 Å². The van der Waals surface area contributed by atoms with Crippen molar-refractivity contribution in [1.29, 1.82) is 0 Å². The molecule has 146 valence electrons. The molecule has 28 heavy (non-hydrogen) atoms. The molecule has 1 heterocycles. The number of esters is 1. The Bertz CT molecular complexity index is 1090. The van der Waals surface area contributed by atoms with Gasteiger partial charge in [0.25, 0.3) is 5.56 Å². The molecule has 2 aromatic carbocycles. The minimum Gasteiger partial charge on any atom is -0.467 e. The van der Waals surface area contributed by atoms with Crippen LogP contribution in [0.5, 0.6) is 0 Å². The van der Waals surface area contributed by atoms with E-state index in [4.69, 9.17) is 4.74 Å². The number of aliphatic hydroxyl groups is 1. The largest absolute Gasteiger partial charge is 0.467 e. The molecule has 0 aliphatic heterocycles. The lowest BCUT2D eigenvalue weighted by Crippen LogP contribution is -2.47. The maximum atomic E-state index is 14.1. The van der Waals surface area contributed by atoms with Gasteiger partial charge >= 0.3 is 5.97 Å². The second kappa shape index (κ2) is 7.56. The number of hydrogen-bond acceptors (Lipinski definition) is 4. The number of aromatic nitrogens is 1. The molecule has 0 aliphatic rings. The zero-order valence-electron chi connectivity index (χ0n) is 16.0. The summed E-state index contributed by atoms with van der Waals surface area (Å²) in [5.41, 5.74) is -0.778. The minimum absolute atomic E-state index is 0.167. The van der Waals surface area contributed by atoms with E-state index in [0.29, 0.717) is 16.6 Å². The normalized spacial score (nSPS) is 13.5. The van der Waals surface area contributed by atoms with Crippen molar-refractivity contribution in [2.45, 2.75) is 25.9 Å². The fourth-order valence-corrected chi connectivity index (χ4v) is 3.19. The van der Waals surface area contributed by atoms with Gasteiger partial charge < -0.3 is 14.8 Å².